The van der Waals surface area contributed by atoms with Gasteiger partial charge in [-0.2, -0.15) is 0 Å². The van der Waals surface area contributed by atoms with Gasteiger partial charge in [0.15, 0.2) is 10.8 Å². The number of furan rings is 1. The fourth-order valence-corrected chi connectivity index (χ4v) is 4.92. The molecular weight excluding hydrogens is 322 g/mol. The van der Waals surface area contributed by atoms with E-state index >= 15 is 0 Å². The predicted molar refractivity (Wildman–Crippen MR) is 94.1 cm³/mol. The quantitative estimate of drug-likeness (QED) is 0.851. The molecule has 2 aromatic heterocycles. The van der Waals surface area contributed by atoms with Crippen LogP contribution < -0.4 is 0 Å². The van der Waals surface area contributed by atoms with Crippen molar-refractivity contribution >= 4 is 17.2 Å². The van der Waals surface area contributed by atoms with Crippen LogP contribution in [0.15, 0.2) is 28.2 Å². The largest absolute Gasteiger partial charge is 0.462 e. The monoisotopic (exact) mass is 345 g/mol. The van der Waals surface area contributed by atoms with Gasteiger partial charge in [-0.15, -0.1) is 11.3 Å². The molecule has 2 unspecified atom stereocenters. The van der Waals surface area contributed by atoms with Gasteiger partial charge in [0.25, 0.3) is 5.91 Å². The molecule has 4 rings (SSSR count). The molecule has 4 heterocycles. The van der Waals surface area contributed by atoms with Crippen molar-refractivity contribution in [1.29, 1.82) is 0 Å². The van der Waals surface area contributed by atoms with Crippen molar-refractivity contribution in [1.82, 2.24) is 14.8 Å². The summed E-state index contributed by atoms with van der Waals surface area (Å²) in [4.78, 5) is 22.1. The molecule has 0 aliphatic carbocycles. The number of nitrogens with zero attached hydrogens (tertiary/aromatic N) is 3. The minimum atomic E-state index is 0.0782. The number of thiazole rings is 1. The maximum atomic E-state index is 13.0. The molecule has 2 aliphatic rings. The van der Waals surface area contributed by atoms with Gasteiger partial charge in [0.1, 0.15) is 5.69 Å². The number of likely N-dealkylation sites (N-methyl/N-ethyl adjacent to an activating group) is 1. The third-order valence-corrected chi connectivity index (χ3v) is 6.14. The summed E-state index contributed by atoms with van der Waals surface area (Å²) in [5.74, 6) is 0.805. The zero-order chi connectivity index (χ0) is 16.5. The topological polar surface area (TPSA) is 49.6 Å². The lowest BCUT2D eigenvalue weighted by atomic mass is 10.0. The molecule has 6 heteroatoms. The summed E-state index contributed by atoms with van der Waals surface area (Å²) in [6, 6.07) is 4.58. The van der Waals surface area contributed by atoms with E-state index in [0.29, 0.717) is 17.8 Å². The van der Waals surface area contributed by atoms with E-state index < -0.39 is 0 Å². The van der Waals surface area contributed by atoms with Crippen molar-refractivity contribution in [2.24, 2.45) is 0 Å². The van der Waals surface area contributed by atoms with Crippen molar-refractivity contribution in [2.45, 2.75) is 44.7 Å². The van der Waals surface area contributed by atoms with Crippen LogP contribution in [0.3, 0.4) is 0 Å². The highest BCUT2D eigenvalue weighted by atomic mass is 32.1. The lowest BCUT2D eigenvalue weighted by Crippen LogP contribution is -2.48. The summed E-state index contributed by atoms with van der Waals surface area (Å²) >= 11 is 1.47. The summed E-state index contributed by atoms with van der Waals surface area (Å²) in [5.41, 5.74) is 0.555. The molecule has 2 fully saturated rings. The first-order valence-corrected chi connectivity index (χ1v) is 9.70. The number of likely N-dealkylation sites (tertiary alicyclic amines) is 2. The molecule has 0 saturated carbocycles. The first-order valence-electron chi connectivity index (χ1n) is 8.82. The van der Waals surface area contributed by atoms with Crippen molar-refractivity contribution in [3.8, 4) is 10.8 Å². The van der Waals surface area contributed by atoms with Crippen molar-refractivity contribution < 1.29 is 9.21 Å². The average molecular weight is 345 g/mol. The summed E-state index contributed by atoms with van der Waals surface area (Å²) in [6.07, 6.45) is 6.29. The summed E-state index contributed by atoms with van der Waals surface area (Å²) in [6.45, 7) is 5.31. The number of hydrogen-bond acceptors (Lipinski definition) is 5. The van der Waals surface area contributed by atoms with Crippen LogP contribution in [0, 0.1) is 0 Å². The van der Waals surface area contributed by atoms with Gasteiger partial charge in [0.2, 0.25) is 0 Å². The Morgan fingerprint density at radius 1 is 1.33 bits per heavy atom. The van der Waals surface area contributed by atoms with Crippen LogP contribution in [0.2, 0.25) is 0 Å². The zero-order valence-corrected chi connectivity index (χ0v) is 14.8. The smallest absolute Gasteiger partial charge is 0.273 e. The molecular formula is C18H23N3O2S. The van der Waals surface area contributed by atoms with E-state index in [1.807, 2.05) is 17.5 Å². The minimum Gasteiger partial charge on any atom is -0.462 e. The fraction of sp³-hybridized carbons (Fsp3) is 0.556. The van der Waals surface area contributed by atoms with Crippen LogP contribution >= 0.6 is 11.3 Å². The molecule has 0 bridgehead atoms. The van der Waals surface area contributed by atoms with E-state index in [1.165, 1.54) is 30.7 Å². The van der Waals surface area contributed by atoms with Crippen LogP contribution in [0.1, 0.15) is 43.1 Å². The van der Waals surface area contributed by atoms with E-state index in [1.54, 1.807) is 6.26 Å². The van der Waals surface area contributed by atoms with Crippen molar-refractivity contribution in [3.63, 3.8) is 0 Å². The number of hydrogen-bond donors (Lipinski definition) is 0. The second kappa shape index (κ2) is 6.69. The van der Waals surface area contributed by atoms with E-state index in [0.717, 1.165) is 36.7 Å². The van der Waals surface area contributed by atoms with Gasteiger partial charge in [-0.1, -0.05) is 6.92 Å². The van der Waals surface area contributed by atoms with Crippen LogP contribution in [0.25, 0.3) is 10.8 Å². The SMILES string of the molecule is CCN1CCCC1C1CCCN1C(=O)c1csc(-c2ccco2)n1. The molecule has 5 nitrogen and oxygen atoms in total. The molecule has 0 radical (unpaired) electrons. The second-order valence-electron chi connectivity index (χ2n) is 6.56. The highest BCUT2D eigenvalue weighted by Gasteiger charge is 2.39. The number of carbonyl (C=O) groups is 1. The minimum absolute atomic E-state index is 0.0782. The Kier molecular flexibility index (Phi) is 4.41. The van der Waals surface area contributed by atoms with Gasteiger partial charge in [-0.05, 0) is 50.9 Å². The zero-order valence-electron chi connectivity index (χ0n) is 14.0. The molecule has 0 N–H and O–H groups in total. The van der Waals surface area contributed by atoms with Crippen LogP contribution in [-0.2, 0) is 0 Å². The van der Waals surface area contributed by atoms with Gasteiger partial charge in [-0.25, -0.2) is 4.98 Å². The van der Waals surface area contributed by atoms with Gasteiger partial charge in [0.05, 0.1) is 6.26 Å². The van der Waals surface area contributed by atoms with Crippen molar-refractivity contribution in [3.05, 3.63) is 29.5 Å². The Hall–Kier alpha value is -1.66. The van der Waals surface area contributed by atoms with Crippen LogP contribution in [0.4, 0.5) is 0 Å². The van der Waals surface area contributed by atoms with Gasteiger partial charge in [0, 0.05) is 24.0 Å². The first kappa shape index (κ1) is 15.8. The summed E-state index contributed by atoms with van der Waals surface area (Å²) in [5, 5.41) is 2.64. The number of rotatable bonds is 4. The highest BCUT2D eigenvalue weighted by molar-refractivity contribution is 7.13. The lowest BCUT2D eigenvalue weighted by molar-refractivity contribution is 0.0645. The molecule has 0 spiro atoms. The third-order valence-electron chi connectivity index (χ3n) is 5.28. The Morgan fingerprint density at radius 3 is 2.96 bits per heavy atom. The molecule has 2 saturated heterocycles. The van der Waals surface area contributed by atoms with E-state index in [4.69, 9.17) is 4.42 Å². The summed E-state index contributed by atoms with van der Waals surface area (Å²) < 4.78 is 5.39. The first-order chi connectivity index (χ1) is 11.8. The Labute approximate surface area is 146 Å². The fourth-order valence-electron chi connectivity index (χ4n) is 4.16. The van der Waals surface area contributed by atoms with Crippen molar-refractivity contribution in [2.75, 3.05) is 19.6 Å². The lowest BCUT2D eigenvalue weighted by Gasteiger charge is -2.34. The van der Waals surface area contributed by atoms with Crippen LogP contribution in [0.5, 0.6) is 0 Å². The van der Waals surface area contributed by atoms with E-state index in [9.17, 15) is 4.79 Å². The maximum Gasteiger partial charge on any atom is 0.273 e. The molecule has 128 valence electrons. The van der Waals surface area contributed by atoms with Gasteiger partial charge < -0.3 is 9.32 Å². The van der Waals surface area contributed by atoms with E-state index in [-0.39, 0.29) is 5.91 Å². The second-order valence-corrected chi connectivity index (χ2v) is 7.42. The van der Waals surface area contributed by atoms with Gasteiger partial charge >= 0.3 is 0 Å². The predicted octanol–water partition coefficient (Wildman–Crippen LogP) is 3.49. The Morgan fingerprint density at radius 2 is 2.17 bits per heavy atom. The van der Waals surface area contributed by atoms with E-state index in [2.05, 4.69) is 21.7 Å². The Balaban J connectivity index is 1.53. The standard InChI is InChI=1S/C18H23N3O2S/c1-2-20-9-3-6-14(20)15-7-4-10-21(15)18(22)13-12-24-17(19-13)16-8-5-11-23-16/h5,8,11-12,14-15H,2-4,6-7,9-10H2,1H3. The van der Waals surface area contributed by atoms with Crippen LogP contribution in [-0.4, -0.2) is 52.4 Å². The normalized spacial score (nSPS) is 24.8. The summed E-state index contributed by atoms with van der Waals surface area (Å²) in [7, 11) is 0. The maximum absolute atomic E-state index is 13.0. The number of carbonyl (C=O) groups excluding carboxylic acids is 1. The molecule has 2 atom stereocenters. The number of aromatic nitrogens is 1. The average Bonchev–Trinajstić information content (AvgIpc) is 3.41. The third kappa shape index (κ3) is 2.78. The van der Waals surface area contributed by atoms with Gasteiger partial charge in [-0.3, -0.25) is 9.69 Å². The molecule has 2 aromatic rings. The number of amides is 1. The molecule has 1 amide bonds. The molecule has 2 aliphatic heterocycles. The Bertz CT molecular complexity index is 697. The molecule has 24 heavy (non-hydrogen) atoms. The molecule has 0 aromatic carbocycles. The highest BCUT2D eigenvalue weighted by Crippen LogP contribution is 2.32.